The SMILES string of the molecule is Cc1ccc(NC(=O)c2cccnc2-c2nc3ccccc3s2)cc1. The van der Waals surface area contributed by atoms with E-state index in [1.54, 1.807) is 18.3 Å². The third-order valence-corrected chi connectivity index (χ3v) is 4.90. The van der Waals surface area contributed by atoms with E-state index in [0.717, 1.165) is 26.5 Å². The van der Waals surface area contributed by atoms with Gasteiger partial charge >= 0.3 is 0 Å². The number of carbonyl (C=O) groups is 1. The Hall–Kier alpha value is -3.05. The van der Waals surface area contributed by atoms with Crippen molar-refractivity contribution in [2.75, 3.05) is 5.32 Å². The lowest BCUT2D eigenvalue weighted by molar-refractivity contribution is 0.102. The third-order valence-electron chi connectivity index (χ3n) is 3.86. The molecule has 0 atom stereocenters. The number of benzene rings is 2. The van der Waals surface area contributed by atoms with Crippen molar-refractivity contribution in [3.8, 4) is 10.7 Å². The zero-order chi connectivity index (χ0) is 17.2. The topological polar surface area (TPSA) is 54.9 Å². The van der Waals surface area contributed by atoms with Crippen LogP contribution in [0.25, 0.3) is 20.9 Å². The standard InChI is InChI=1S/C20H15N3OS/c1-13-8-10-14(11-9-13)22-19(24)15-5-4-12-21-18(15)20-23-16-6-2-3-7-17(16)25-20/h2-12H,1H3,(H,22,24). The average molecular weight is 345 g/mol. The van der Waals surface area contributed by atoms with E-state index in [4.69, 9.17) is 0 Å². The molecule has 122 valence electrons. The fourth-order valence-electron chi connectivity index (χ4n) is 2.57. The van der Waals surface area contributed by atoms with Gasteiger partial charge in [0, 0.05) is 11.9 Å². The first kappa shape index (κ1) is 15.5. The van der Waals surface area contributed by atoms with Crippen LogP contribution >= 0.6 is 11.3 Å². The van der Waals surface area contributed by atoms with Crippen LogP contribution < -0.4 is 5.32 Å². The van der Waals surface area contributed by atoms with Crippen LogP contribution in [0.5, 0.6) is 0 Å². The average Bonchev–Trinajstić information content (AvgIpc) is 3.07. The van der Waals surface area contributed by atoms with Gasteiger partial charge in [-0.15, -0.1) is 11.3 Å². The molecule has 1 amide bonds. The minimum atomic E-state index is -0.189. The lowest BCUT2D eigenvalue weighted by Crippen LogP contribution is -2.13. The Balaban J connectivity index is 1.70. The molecule has 5 heteroatoms. The molecule has 0 spiro atoms. The van der Waals surface area contributed by atoms with Crippen molar-refractivity contribution < 1.29 is 4.79 Å². The summed E-state index contributed by atoms with van der Waals surface area (Å²) in [6.07, 6.45) is 1.68. The molecule has 0 fully saturated rings. The fourth-order valence-corrected chi connectivity index (χ4v) is 3.54. The number of rotatable bonds is 3. The molecule has 25 heavy (non-hydrogen) atoms. The van der Waals surface area contributed by atoms with E-state index in [1.165, 1.54) is 11.3 Å². The number of aromatic nitrogens is 2. The van der Waals surface area contributed by atoms with Gasteiger partial charge in [0.2, 0.25) is 0 Å². The predicted molar refractivity (Wildman–Crippen MR) is 102 cm³/mol. The first-order valence-electron chi connectivity index (χ1n) is 7.90. The summed E-state index contributed by atoms with van der Waals surface area (Å²) in [5, 5.41) is 3.67. The second-order valence-electron chi connectivity index (χ2n) is 5.71. The van der Waals surface area contributed by atoms with E-state index in [1.807, 2.05) is 55.5 Å². The van der Waals surface area contributed by atoms with Crippen LogP contribution in [0, 0.1) is 6.92 Å². The molecular formula is C20H15N3OS. The Labute approximate surface area is 149 Å². The third kappa shape index (κ3) is 3.14. The Kier molecular flexibility index (Phi) is 3.99. The van der Waals surface area contributed by atoms with E-state index >= 15 is 0 Å². The second-order valence-corrected chi connectivity index (χ2v) is 6.74. The lowest BCUT2D eigenvalue weighted by atomic mass is 10.1. The van der Waals surface area contributed by atoms with Crippen molar-refractivity contribution in [2.24, 2.45) is 0 Å². The Bertz CT molecular complexity index is 1020. The fraction of sp³-hybridized carbons (Fsp3) is 0.0500. The summed E-state index contributed by atoms with van der Waals surface area (Å²) in [5.41, 5.74) is 3.94. The smallest absolute Gasteiger partial charge is 0.257 e. The van der Waals surface area contributed by atoms with Crippen LogP contribution in [0.4, 0.5) is 5.69 Å². The molecule has 2 aromatic carbocycles. The zero-order valence-electron chi connectivity index (χ0n) is 13.6. The van der Waals surface area contributed by atoms with Gasteiger partial charge in [-0.25, -0.2) is 4.98 Å². The summed E-state index contributed by atoms with van der Waals surface area (Å²) in [6.45, 7) is 2.01. The van der Waals surface area contributed by atoms with Gasteiger partial charge in [-0.1, -0.05) is 29.8 Å². The number of amides is 1. The van der Waals surface area contributed by atoms with E-state index in [0.29, 0.717) is 11.3 Å². The monoisotopic (exact) mass is 345 g/mol. The number of anilines is 1. The van der Waals surface area contributed by atoms with Crippen LogP contribution in [-0.2, 0) is 0 Å². The summed E-state index contributed by atoms with van der Waals surface area (Å²) in [5.74, 6) is -0.189. The van der Waals surface area contributed by atoms with Crippen molar-refractivity contribution >= 4 is 33.1 Å². The predicted octanol–water partition coefficient (Wildman–Crippen LogP) is 4.92. The van der Waals surface area contributed by atoms with Crippen molar-refractivity contribution in [2.45, 2.75) is 6.92 Å². The van der Waals surface area contributed by atoms with Crippen LogP contribution in [0.2, 0.25) is 0 Å². The van der Waals surface area contributed by atoms with Crippen molar-refractivity contribution in [1.29, 1.82) is 0 Å². The summed E-state index contributed by atoms with van der Waals surface area (Å²) in [7, 11) is 0. The number of hydrogen-bond donors (Lipinski definition) is 1. The summed E-state index contributed by atoms with van der Waals surface area (Å²) >= 11 is 1.54. The van der Waals surface area contributed by atoms with Crippen LogP contribution in [-0.4, -0.2) is 15.9 Å². The van der Waals surface area contributed by atoms with Gasteiger partial charge in [-0.2, -0.15) is 0 Å². The maximum atomic E-state index is 12.7. The van der Waals surface area contributed by atoms with E-state index in [9.17, 15) is 4.79 Å². The summed E-state index contributed by atoms with van der Waals surface area (Å²) in [6, 6.07) is 19.2. The normalized spacial score (nSPS) is 10.8. The van der Waals surface area contributed by atoms with Crippen molar-refractivity contribution in [3.05, 3.63) is 78.0 Å². The summed E-state index contributed by atoms with van der Waals surface area (Å²) in [4.78, 5) is 21.8. The molecule has 4 nitrogen and oxygen atoms in total. The van der Waals surface area contributed by atoms with Crippen LogP contribution in [0.15, 0.2) is 66.9 Å². The molecule has 4 aromatic rings. The minimum absolute atomic E-state index is 0.189. The highest BCUT2D eigenvalue weighted by Gasteiger charge is 2.17. The number of carbonyl (C=O) groups excluding carboxylic acids is 1. The van der Waals surface area contributed by atoms with Gasteiger partial charge < -0.3 is 5.32 Å². The highest BCUT2D eigenvalue weighted by molar-refractivity contribution is 7.21. The molecule has 0 aliphatic carbocycles. The Morgan fingerprint density at radius 1 is 1.00 bits per heavy atom. The highest BCUT2D eigenvalue weighted by Crippen LogP contribution is 2.31. The molecule has 2 heterocycles. The van der Waals surface area contributed by atoms with Crippen molar-refractivity contribution in [3.63, 3.8) is 0 Å². The maximum absolute atomic E-state index is 12.7. The largest absolute Gasteiger partial charge is 0.322 e. The number of aryl methyl sites for hydroxylation is 1. The molecule has 0 aliphatic rings. The van der Waals surface area contributed by atoms with Gasteiger partial charge in [-0.05, 0) is 43.3 Å². The van der Waals surface area contributed by atoms with Gasteiger partial charge in [0.15, 0.2) is 0 Å². The molecular weight excluding hydrogens is 330 g/mol. The van der Waals surface area contributed by atoms with Crippen LogP contribution in [0.1, 0.15) is 15.9 Å². The summed E-state index contributed by atoms with van der Waals surface area (Å²) < 4.78 is 1.08. The first-order valence-corrected chi connectivity index (χ1v) is 8.71. The molecule has 1 N–H and O–H groups in total. The Morgan fingerprint density at radius 2 is 1.80 bits per heavy atom. The lowest BCUT2D eigenvalue weighted by Gasteiger charge is -2.08. The van der Waals surface area contributed by atoms with Crippen LogP contribution in [0.3, 0.4) is 0 Å². The number of para-hydroxylation sites is 1. The molecule has 0 aliphatic heterocycles. The van der Waals surface area contributed by atoms with Gasteiger partial charge in [0.1, 0.15) is 10.7 Å². The number of pyridine rings is 1. The number of thiazole rings is 1. The quantitative estimate of drug-likeness (QED) is 0.573. The molecule has 2 aromatic heterocycles. The molecule has 0 radical (unpaired) electrons. The van der Waals surface area contributed by atoms with Crippen molar-refractivity contribution in [1.82, 2.24) is 9.97 Å². The van der Waals surface area contributed by atoms with E-state index in [-0.39, 0.29) is 5.91 Å². The molecule has 0 saturated heterocycles. The molecule has 0 unspecified atom stereocenters. The highest BCUT2D eigenvalue weighted by atomic mass is 32.1. The van der Waals surface area contributed by atoms with Gasteiger partial charge in [-0.3, -0.25) is 9.78 Å². The molecule has 0 bridgehead atoms. The van der Waals surface area contributed by atoms with Gasteiger partial charge in [0.05, 0.1) is 15.8 Å². The van der Waals surface area contributed by atoms with E-state index < -0.39 is 0 Å². The number of fused-ring (bicyclic) bond motifs is 1. The number of hydrogen-bond acceptors (Lipinski definition) is 4. The van der Waals surface area contributed by atoms with E-state index in [2.05, 4.69) is 15.3 Å². The maximum Gasteiger partial charge on any atom is 0.257 e. The molecule has 0 saturated carbocycles. The zero-order valence-corrected chi connectivity index (χ0v) is 14.4. The Morgan fingerprint density at radius 3 is 2.60 bits per heavy atom. The number of nitrogens with zero attached hydrogens (tertiary/aromatic N) is 2. The minimum Gasteiger partial charge on any atom is -0.322 e. The first-order chi connectivity index (χ1) is 12.2. The number of nitrogens with one attached hydrogen (secondary N) is 1. The second kappa shape index (κ2) is 6.45. The molecule has 4 rings (SSSR count). The van der Waals surface area contributed by atoms with Gasteiger partial charge in [0.25, 0.3) is 5.91 Å².